The van der Waals surface area contributed by atoms with Gasteiger partial charge in [0.25, 0.3) is 0 Å². The first kappa shape index (κ1) is 9.66. The molecule has 0 aliphatic carbocycles. The van der Waals surface area contributed by atoms with E-state index in [1.807, 2.05) is 0 Å². The third-order valence-electron chi connectivity index (χ3n) is 1.35. The number of primary sulfonamides is 1. The molecule has 3 N–H and O–H groups in total. The topological polar surface area (TPSA) is 80.4 Å². The van der Waals surface area contributed by atoms with Gasteiger partial charge < -0.3 is 5.11 Å². The first-order chi connectivity index (χ1) is 5.55. The predicted molar refractivity (Wildman–Crippen MR) is 46.5 cm³/mol. The van der Waals surface area contributed by atoms with Gasteiger partial charge in [-0.05, 0) is 23.4 Å². The van der Waals surface area contributed by atoms with E-state index < -0.39 is 10.0 Å². The van der Waals surface area contributed by atoms with Gasteiger partial charge in [0.15, 0.2) is 0 Å². The van der Waals surface area contributed by atoms with Crippen LogP contribution in [0.4, 0.5) is 0 Å². The lowest BCUT2D eigenvalue weighted by atomic mass is 10.3. The van der Waals surface area contributed by atoms with Crippen LogP contribution in [0.2, 0.25) is 0 Å². The predicted octanol–water partition coefficient (Wildman–Crippen LogP) is -0.0697. The first-order valence-electron chi connectivity index (χ1n) is 3.25. The fourth-order valence-electron chi connectivity index (χ4n) is 0.877. The molecular weight excluding hydrogens is 198 g/mol. The van der Waals surface area contributed by atoms with Crippen LogP contribution < -0.4 is 5.14 Å². The zero-order valence-corrected chi connectivity index (χ0v) is 7.86. The van der Waals surface area contributed by atoms with Crippen LogP contribution in [0.25, 0.3) is 0 Å². The molecule has 0 aromatic carbocycles. The lowest BCUT2D eigenvalue weighted by molar-refractivity contribution is 0.299. The number of hydrogen-bond donors (Lipinski definition) is 2. The van der Waals surface area contributed by atoms with Gasteiger partial charge in [0.05, 0.1) is 0 Å². The standard InChI is InChI=1S/C6H9NO3S2/c7-12(9,10)6-5(1-3-8)2-4-11-6/h2,4,8H,1,3H2,(H2,7,9,10). The highest BCUT2D eigenvalue weighted by atomic mass is 32.2. The van der Waals surface area contributed by atoms with Crippen LogP contribution in [0.1, 0.15) is 5.56 Å². The highest BCUT2D eigenvalue weighted by Crippen LogP contribution is 2.21. The van der Waals surface area contributed by atoms with Crippen molar-refractivity contribution in [2.45, 2.75) is 10.6 Å². The SMILES string of the molecule is NS(=O)(=O)c1sccc1CCO. The van der Waals surface area contributed by atoms with Gasteiger partial charge in [-0.2, -0.15) is 0 Å². The van der Waals surface area contributed by atoms with Crippen LogP contribution in [0.3, 0.4) is 0 Å². The largest absolute Gasteiger partial charge is 0.396 e. The van der Waals surface area contributed by atoms with Crippen LogP contribution in [0.15, 0.2) is 15.7 Å². The Bertz CT molecular complexity index is 355. The smallest absolute Gasteiger partial charge is 0.247 e. The molecule has 4 nitrogen and oxygen atoms in total. The summed E-state index contributed by atoms with van der Waals surface area (Å²) in [5.41, 5.74) is 0.588. The molecule has 0 aliphatic heterocycles. The normalized spacial score (nSPS) is 11.8. The number of aliphatic hydroxyl groups is 1. The molecule has 0 spiro atoms. The third-order valence-corrected chi connectivity index (χ3v) is 3.86. The molecule has 0 aliphatic rings. The molecule has 0 fully saturated rings. The molecular formula is C6H9NO3S2. The molecule has 12 heavy (non-hydrogen) atoms. The molecule has 0 saturated carbocycles. The molecule has 0 saturated heterocycles. The van der Waals surface area contributed by atoms with E-state index in [9.17, 15) is 8.42 Å². The van der Waals surface area contributed by atoms with Gasteiger partial charge in [-0.3, -0.25) is 0 Å². The maximum Gasteiger partial charge on any atom is 0.247 e. The van der Waals surface area contributed by atoms with Gasteiger partial charge in [0.1, 0.15) is 4.21 Å². The van der Waals surface area contributed by atoms with Crippen molar-refractivity contribution in [1.29, 1.82) is 0 Å². The Labute approximate surface area is 74.7 Å². The Kier molecular flexibility index (Phi) is 2.84. The van der Waals surface area contributed by atoms with Gasteiger partial charge in [0, 0.05) is 6.61 Å². The van der Waals surface area contributed by atoms with Gasteiger partial charge >= 0.3 is 0 Å². The Balaban J connectivity index is 3.08. The number of thiophene rings is 1. The van der Waals surface area contributed by atoms with Gasteiger partial charge in [-0.15, -0.1) is 11.3 Å². The molecule has 1 aromatic rings. The molecule has 68 valence electrons. The maximum atomic E-state index is 10.9. The molecule has 0 unspecified atom stereocenters. The Morgan fingerprint density at radius 2 is 2.25 bits per heavy atom. The van der Waals surface area contributed by atoms with Gasteiger partial charge in [0.2, 0.25) is 10.0 Å². The zero-order chi connectivity index (χ0) is 9.19. The molecule has 0 amide bonds. The van der Waals surface area contributed by atoms with Crippen LogP contribution in [-0.4, -0.2) is 20.1 Å². The summed E-state index contributed by atoms with van der Waals surface area (Å²) in [7, 11) is -3.60. The minimum absolute atomic E-state index is 0.0702. The monoisotopic (exact) mass is 207 g/mol. The van der Waals surface area contributed by atoms with E-state index in [1.54, 1.807) is 11.4 Å². The summed E-state index contributed by atoms with van der Waals surface area (Å²) < 4.78 is 21.9. The summed E-state index contributed by atoms with van der Waals surface area (Å²) in [6.07, 6.45) is 0.329. The van der Waals surface area contributed by atoms with E-state index >= 15 is 0 Å². The summed E-state index contributed by atoms with van der Waals surface area (Å²) in [5, 5.41) is 15.2. The van der Waals surface area contributed by atoms with Crippen LogP contribution in [0.5, 0.6) is 0 Å². The number of rotatable bonds is 3. The first-order valence-corrected chi connectivity index (χ1v) is 5.68. The minimum atomic E-state index is -3.60. The molecule has 1 rings (SSSR count). The Hall–Kier alpha value is -0.430. The van der Waals surface area contributed by atoms with Crippen molar-refractivity contribution in [3.05, 3.63) is 17.0 Å². The van der Waals surface area contributed by atoms with Crippen molar-refractivity contribution in [3.63, 3.8) is 0 Å². The lowest BCUT2D eigenvalue weighted by Gasteiger charge is -1.97. The molecule has 1 heterocycles. The number of hydrogen-bond acceptors (Lipinski definition) is 4. The van der Waals surface area contributed by atoms with Gasteiger partial charge in [-0.1, -0.05) is 0 Å². The Morgan fingerprint density at radius 1 is 1.58 bits per heavy atom. The summed E-state index contributed by atoms with van der Waals surface area (Å²) in [4.78, 5) is 0. The van der Waals surface area contributed by atoms with Crippen LogP contribution >= 0.6 is 11.3 Å². The highest BCUT2D eigenvalue weighted by molar-refractivity contribution is 7.91. The van der Waals surface area contributed by atoms with E-state index in [2.05, 4.69) is 0 Å². The zero-order valence-electron chi connectivity index (χ0n) is 6.23. The van der Waals surface area contributed by atoms with Crippen LogP contribution in [0, 0.1) is 0 Å². The summed E-state index contributed by atoms with van der Waals surface area (Å²) in [6, 6.07) is 1.65. The van der Waals surface area contributed by atoms with E-state index in [0.717, 1.165) is 11.3 Å². The maximum absolute atomic E-state index is 10.9. The summed E-state index contributed by atoms with van der Waals surface area (Å²) in [5.74, 6) is 0. The minimum Gasteiger partial charge on any atom is -0.396 e. The Morgan fingerprint density at radius 3 is 2.75 bits per heavy atom. The van der Waals surface area contributed by atoms with Crippen molar-refractivity contribution < 1.29 is 13.5 Å². The van der Waals surface area contributed by atoms with E-state index in [-0.39, 0.29) is 10.8 Å². The molecule has 6 heteroatoms. The average Bonchev–Trinajstić information content (AvgIpc) is 2.34. The summed E-state index contributed by atoms with van der Waals surface area (Å²) >= 11 is 1.07. The lowest BCUT2D eigenvalue weighted by Crippen LogP contribution is -2.12. The second-order valence-electron chi connectivity index (χ2n) is 2.25. The molecule has 0 bridgehead atoms. The molecule has 0 atom stereocenters. The number of nitrogens with two attached hydrogens (primary N) is 1. The fraction of sp³-hybridized carbons (Fsp3) is 0.333. The van der Waals surface area contributed by atoms with Crippen molar-refractivity contribution in [3.8, 4) is 0 Å². The average molecular weight is 207 g/mol. The van der Waals surface area contributed by atoms with Crippen molar-refractivity contribution in [2.75, 3.05) is 6.61 Å². The highest BCUT2D eigenvalue weighted by Gasteiger charge is 2.14. The molecule has 1 aromatic heterocycles. The van der Waals surface area contributed by atoms with Crippen LogP contribution in [-0.2, 0) is 16.4 Å². The van der Waals surface area contributed by atoms with E-state index in [4.69, 9.17) is 10.2 Å². The second kappa shape index (κ2) is 3.53. The molecule has 0 radical (unpaired) electrons. The van der Waals surface area contributed by atoms with Crippen molar-refractivity contribution in [1.82, 2.24) is 0 Å². The van der Waals surface area contributed by atoms with Crippen molar-refractivity contribution in [2.24, 2.45) is 5.14 Å². The van der Waals surface area contributed by atoms with E-state index in [0.29, 0.717) is 12.0 Å². The second-order valence-corrected chi connectivity index (χ2v) is 4.92. The van der Waals surface area contributed by atoms with E-state index in [1.165, 1.54) is 0 Å². The fourth-order valence-corrected chi connectivity index (χ4v) is 2.79. The van der Waals surface area contributed by atoms with Crippen molar-refractivity contribution >= 4 is 21.4 Å². The summed E-state index contributed by atoms with van der Waals surface area (Å²) in [6.45, 7) is -0.0702. The quantitative estimate of drug-likeness (QED) is 0.728. The number of aliphatic hydroxyl groups excluding tert-OH is 1. The number of sulfonamides is 1. The third kappa shape index (κ3) is 2.04. The van der Waals surface area contributed by atoms with Gasteiger partial charge in [-0.25, -0.2) is 13.6 Å².